The number of para-hydroxylation sites is 1. The predicted molar refractivity (Wildman–Crippen MR) is 114 cm³/mol. The van der Waals surface area contributed by atoms with Gasteiger partial charge in [-0.1, -0.05) is 48.0 Å². The van der Waals surface area contributed by atoms with E-state index in [9.17, 15) is 9.59 Å². The van der Waals surface area contributed by atoms with E-state index >= 15 is 0 Å². The molecule has 2 heterocycles. The fourth-order valence-corrected chi connectivity index (χ4v) is 3.48. The number of hydrogen-bond donors (Lipinski definition) is 2. The van der Waals surface area contributed by atoms with Gasteiger partial charge in [0.2, 0.25) is 0 Å². The molecule has 2 amide bonds. The van der Waals surface area contributed by atoms with Gasteiger partial charge in [0.15, 0.2) is 0 Å². The Hall–Kier alpha value is -3.64. The van der Waals surface area contributed by atoms with Crippen LogP contribution in [0.1, 0.15) is 20.8 Å². The largest absolute Gasteiger partial charge is 0.364 e. The second-order valence-electron chi connectivity index (χ2n) is 6.60. The van der Waals surface area contributed by atoms with Gasteiger partial charge in [-0.15, -0.1) is 0 Å². The van der Waals surface area contributed by atoms with E-state index in [4.69, 9.17) is 17.3 Å². The van der Waals surface area contributed by atoms with Gasteiger partial charge < -0.3 is 15.6 Å². The molecule has 2 aromatic heterocycles. The van der Waals surface area contributed by atoms with Crippen molar-refractivity contribution in [2.45, 2.75) is 0 Å². The molecule has 144 valence electrons. The number of nitrogens with two attached hydrogens (primary N) is 1. The first-order valence-electron chi connectivity index (χ1n) is 8.86. The molecule has 0 saturated carbocycles. The lowest BCUT2D eigenvalue weighted by Crippen LogP contribution is -2.14. The van der Waals surface area contributed by atoms with Crippen molar-refractivity contribution in [1.29, 1.82) is 0 Å². The molecule has 0 radical (unpaired) electrons. The molecule has 2 aromatic carbocycles. The number of primary amides is 1. The van der Waals surface area contributed by atoms with E-state index in [1.165, 1.54) is 0 Å². The van der Waals surface area contributed by atoms with Gasteiger partial charge in [-0.3, -0.25) is 9.59 Å². The van der Waals surface area contributed by atoms with E-state index in [1.54, 1.807) is 36.0 Å². The van der Waals surface area contributed by atoms with Crippen LogP contribution in [0.5, 0.6) is 0 Å². The summed E-state index contributed by atoms with van der Waals surface area (Å²) in [6.07, 6.45) is 1.64. The van der Waals surface area contributed by atoms with Crippen molar-refractivity contribution in [3.8, 4) is 11.3 Å². The molecule has 0 aliphatic heterocycles. The molecule has 29 heavy (non-hydrogen) atoms. The number of amides is 2. The predicted octanol–water partition coefficient (Wildman–Crippen LogP) is 4.24. The highest BCUT2D eigenvalue weighted by atomic mass is 35.5. The van der Waals surface area contributed by atoms with Gasteiger partial charge in [0, 0.05) is 29.2 Å². The van der Waals surface area contributed by atoms with Crippen LogP contribution in [0.15, 0.2) is 66.9 Å². The van der Waals surface area contributed by atoms with Crippen molar-refractivity contribution >= 4 is 40.0 Å². The number of carbonyl (C=O) groups excluding carboxylic acids is 2. The van der Waals surface area contributed by atoms with E-state index in [1.807, 2.05) is 42.5 Å². The van der Waals surface area contributed by atoms with Gasteiger partial charge in [0.1, 0.15) is 5.69 Å². The quantitative estimate of drug-likeness (QED) is 0.533. The number of hydrogen-bond acceptors (Lipinski definition) is 3. The van der Waals surface area contributed by atoms with Gasteiger partial charge >= 0.3 is 0 Å². The molecule has 3 N–H and O–H groups in total. The number of aromatic nitrogens is 2. The SMILES string of the molecule is Cn1cc(NC(=O)c2cc(-c3ccccc3Cl)nc3ccccc23)cc1C(N)=O. The number of rotatable bonds is 4. The van der Waals surface area contributed by atoms with Crippen LogP contribution in [0.4, 0.5) is 5.69 Å². The Kier molecular flexibility index (Phi) is 4.78. The van der Waals surface area contributed by atoms with Crippen molar-refractivity contribution in [2.24, 2.45) is 12.8 Å². The maximum atomic E-state index is 13.1. The second-order valence-corrected chi connectivity index (χ2v) is 7.00. The highest BCUT2D eigenvalue weighted by Gasteiger charge is 2.17. The lowest BCUT2D eigenvalue weighted by Gasteiger charge is -2.11. The van der Waals surface area contributed by atoms with E-state index in [0.717, 1.165) is 5.56 Å². The third-order valence-corrected chi connectivity index (χ3v) is 4.96. The van der Waals surface area contributed by atoms with Crippen molar-refractivity contribution in [3.05, 3.63) is 83.1 Å². The maximum Gasteiger partial charge on any atom is 0.265 e. The summed E-state index contributed by atoms with van der Waals surface area (Å²) in [6, 6.07) is 18.0. The second kappa shape index (κ2) is 7.41. The lowest BCUT2D eigenvalue weighted by atomic mass is 10.0. The van der Waals surface area contributed by atoms with E-state index in [0.29, 0.717) is 38.6 Å². The van der Waals surface area contributed by atoms with Crippen LogP contribution in [0.3, 0.4) is 0 Å². The Labute approximate surface area is 171 Å². The summed E-state index contributed by atoms with van der Waals surface area (Å²) in [7, 11) is 1.69. The number of halogens is 1. The Morgan fingerprint density at radius 1 is 1.07 bits per heavy atom. The number of nitrogens with zero attached hydrogens (tertiary/aromatic N) is 2. The summed E-state index contributed by atoms with van der Waals surface area (Å²) in [5, 5.41) is 4.10. The number of anilines is 1. The minimum absolute atomic E-state index is 0.302. The van der Waals surface area contributed by atoms with Gasteiger partial charge in [0.05, 0.1) is 22.5 Å². The molecule has 0 spiro atoms. The minimum Gasteiger partial charge on any atom is -0.364 e. The number of pyridine rings is 1. The molecule has 0 aliphatic carbocycles. The van der Waals surface area contributed by atoms with E-state index in [2.05, 4.69) is 10.3 Å². The third kappa shape index (κ3) is 3.58. The smallest absolute Gasteiger partial charge is 0.265 e. The lowest BCUT2D eigenvalue weighted by molar-refractivity contribution is 0.0990. The standard InChI is InChI=1S/C22H17ClN4O2/c1-27-12-13(10-20(27)21(24)28)25-22(29)16-11-19(15-7-2-4-8-17(15)23)26-18-9-5-3-6-14(16)18/h2-12H,1H3,(H2,24,28)(H,25,29). The minimum atomic E-state index is -0.566. The van der Waals surface area contributed by atoms with Crippen LogP contribution in [-0.4, -0.2) is 21.4 Å². The molecular weight excluding hydrogens is 388 g/mol. The third-order valence-electron chi connectivity index (χ3n) is 4.63. The van der Waals surface area contributed by atoms with E-state index in [-0.39, 0.29) is 5.91 Å². The first-order chi connectivity index (χ1) is 13.9. The summed E-state index contributed by atoms with van der Waals surface area (Å²) < 4.78 is 1.57. The Bertz CT molecular complexity index is 1260. The number of nitrogens with one attached hydrogen (secondary N) is 1. The molecule has 0 unspecified atom stereocenters. The summed E-state index contributed by atoms with van der Waals surface area (Å²) in [5.74, 6) is -0.887. The molecule has 0 fully saturated rings. The molecule has 0 aliphatic rings. The topological polar surface area (TPSA) is 90.0 Å². The van der Waals surface area contributed by atoms with Crippen molar-refractivity contribution < 1.29 is 9.59 Å². The van der Waals surface area contributed by atoms with Crippen molar-refractivity contribution in [3.63, 3.8) is 0 Å². The maximum absolute atomic E-state index is 13.1. The molecule has 4 aromatic rings. The van der Waals surface area contributed by atoms with Crippen LogP contribution >= 0.6 is 11.6 Å². The number of carbonyl (C=O) groups is 2. The molecule has 0 atom stereocenters. The van der Waals surface area contributed by atoms with Gasteiger partial charge in [0.25, 0.3) is 11.8 Å². The first kappa shape index (κ1) is 18.7. The van der Waals surface area contributed by atoms with Crippen LogP contribution in [0.25, 0.3) is 22.2 Å². The zero-order valence-corrected chi connectivity index (χ0v) is 16.3. The first-order valence-corrected chi connectivity index (χ1v) is 9.24. The summed E-state index contributed by atoms with van der Waals surface area (Å²) >= 11 is 6.33. The fraction of sp³-hybridized carbons (Fsp3) is 0.0455. The van der Waals surface area contributed by atoms with Gasteiger partial charge in [-0.2, -0.15) is 0 Å². The normalized spacial score (nSPS) is 10.8. The Morgan fingerprint density at radius 2 is 1.79 bits per heavy atom. The molecular formula is C22H17ClN4O2. The average Bonchev–Trinajstić information content (AvgIpc) is 3.07. The summed E-state index contributed by atoms with van der Waals surface area (Å²) in [4.78, 5) is 29.2. The Morgan fingerprint density at radius 3 is 2.52 bits per heavy atom. The number of fused-ring (bicyclic) bond motifs is 1. The average molecular weight is 405 g/mol. The monoisotopic (exact) mass is 404 g/mol. The molecule has 0 saturated heterocycles. The fourth-order valence-electron chi connectivity index (χ4n) is 3.25. The summed E-state index contributed by atoms with van der Waals surface area (Å²) in [5.41, 5.74) is 8.61. The zero-order chi connectivity index (χ0) is 20.5. The highest BCUT2D eigenvalue weighted by Crippen LogP contribution is 2.30. The highest BCUT2D eigenvalue weighted by molar-refractivity contribution is 6.33. The zero-order valence-electron chi connectivity index (χ0n) is 15.5. The summed E-state index contributed by atoms with van der Waals surface area (Å²) in [6.45, 7) is 0. The Balaban J connectivity index is 1.80. The molecule has 7 heteroatoms. The van der Waals surface area contributed by atoms with Gasteiger partial charge in [-0.25, -0.2) is 4.98 Å². The molecule has 6 nitrogen and oxygen atoms in total. The molecule has 4 rings (SSSR count). The number of aryl methyl sites for hydroxylation is 1. The van der Waals surface area contributed by atoms with Crippen molar-refractivity contribution in [1.82, 2.24) is 9.55 Å². The van der Waals surface area contributed by atoms with Crippen molar-refractivity contribution in [2.75, 3.05) is 5.32 Å². The van der Waals surface area contributed by atoms with Gasteiger partial charge in [-0.05, 0) is 24.3 Å². The molecule has 0 bridgehead atoms. The van der Waals surface area contributed by atoms with Crippen LogP contribution < -0.4 is 11.1 Å². The van der Waals surface area contributed by atoms with Crippen LogP contribution in [0.2, 0.25) is 5.02 Å². The van der Waals surface area contributed by atoms with E-state index < -0.39 is 5.91 Å². The van der Waals surface area contributed by atoms with Crippen LogP contribution in [0, 0.1) is 0 Å². The van der Waals surface area contributed by atoms with Crippen LogP contribution in [-0.2, 0) is 7.05 Å². The number of benzene rings is 2.